The lowest BCUT2D eigenvalue weighted by Crippen LogP contribution is -2.02. The average molecular weight is 200 g/mol. The molecule has 5 heteroatoms. The first-order valence-electron chi connectivity index (χ1n) is 4.11. The molecule has 0 aliphatic carbocycles. The lowest BCUT2D eigenvalue weighted by molar-refractivity contribution is -0.136. The van der Waals surface area contributed by atoms with Crippen LogP contribution in [-0.4, -0.2) is 20.4 Å². The highest BCUT2D eigenvalue weighted by Crippen LogP contribution is 2.10. The monoisotopic (exact) mass is 200 g/mol. The third kappa shape index (κ3) is 3.50. The van der Waals surface area contributed by atoms with Gasteiger partial charge in [-0.1, -0.05) is 13.8 Å². The van der Waals surface area contributed by atoms with E-state index >= 15 is 0 Å². The van der Waals surface area contributed by atoms with Crippen LogP contribution >= 0.6 is 11.5 Å². The molecular weight excluding hydrogens is 188 g/mol. The van der Waals surface area contributed by atoms with Gasteiger partial charge in [0.25, 0.3) is 0 Å². The molecule has 1 heterocycles. The van der Waals surface area contributed by atoms with Gasteiger partial charge in [0.1, 0.15) is 11.4 Å². The van der Waals surface area contributed by atoms with E-state index in [1.54, 1.807) is 0 Å². The van der Waals surface area contributed by atoms with E-state index in [-0.39, 0.29) is 6.42 Å². The normalized spacial score (nSPS) is 10.7. The number of carboxylic acid groups (broad SMARTS) is 1. The molecule has 1 N–H and O–H groups in total. The van der Waals surface area contributed by atoms with Crippen molar-refractivity contribution in [2.45, 2.75) is 26.7 Å². The standard InChI is InChI=1S/C8H12N2O2S/c1-5(2)3-7-9-6(10-13-7)4-8(11)12/h5H,3-4H2,1-2H3,(H,11,12). The zero-order chi connectivity index (χ0) is 9.84. The zero-order valence-corrected chi connectivity index (χ0v) is 8.47. The largest absolute Gasteiger partial charge is 0.481 e. The van der Waals surface area contributed by atoms with E-state index in [4.69, 9.17) is 5.11 Å². The molecule has 0 aromatic carbocycles. The summed E-state index contributed by atoms with van der Waals surface area (Å²) >= 11 is 1.30. The lowest BCUT2D eigenvalue weighted by atomic mass is 10.1. The molecule has 0 unspecified atom stereocenters. The molecule has 0 aliphatic heterocycles. The molecular formula is C8H12N2O2S. The molecule has 0 radical (unpaired) electrons. The number of aliphatic carboxylic acids is 1. The summed E-state index contributed by atoms with van der Waals surface area (Å²) < 4.78 is 3.96. The summed E-state index contributed by atoms with van der Waals surface area (Å²) in [5.74, 6) is 0.0766. The Morgan fingerprint density at radius 3 is 2.85 bits per heavy atom. The van der Waals surface area contributed by atoms with Crippen LogP contribution in [0.2, 0.25) is 0 Å². The maximum atomic E-state index is 10.3. The van der Waals surface area contributed by atoms with Crippen molar-refractivity contribution in [2.24, 2.45) is 5.92 Å². The molecule has 0 amide bonds. The molecule has 0 fully saturated rings. The van der Waals surface area contributed by atoms with E-state index in [0.29, 0.717) is 11.7 Å². The van der Waals surface area contributed by atoms with Gasteiger partial charge in [0.15, 0.2) is 5.82 Å². The Kier molecular flexibility index (Phi) is 3.36. The van der Waals surface area contributed by atoms with Gasteiger partial charge in [-0.05, 0) is 17.5 Å². The Morgan fingerprint density at radius 1 is 1.62 bits per heavy atom. The Bertz CT molecular complexity index is 296. The van der Waals surface area contributed by atoms with Gasteiger partial charge in [-0.3, -0.25) is 4.79 Å². The summed E-state index contributed by atoms with van der Waals surface area (Å²) in [5, 5.41) is 9.41. The molecule has 1 aromatic heterocycles. The summed E-state index contributed by atoms with van der Waals surface area (Å²) in [6.45, 7) is 4.19. The Morgan fingerprint density at radius 2 is 2.31 bits per heavy atom. The molecule has 1 rings (SSSR count). The van der Waals surface area contributed by atoms with Crippen molar-refractivity contribution in [1.29, 1.82) is 0 Å². The Labute approximate surface area is 80.8 Å². The fraction of sp³-hybridized carbons (Fsp3) is 0.625. The van der Waals surface area contributed by atoms with Gasteiger partial charge in [-0.15, -0.1) is 0 Å². The minimum absolute atomic E-state index is 0.0748. The van der Waals surface area contributed by atoms with Crippen LogP contribution in [0.3, 0.4) is 0 Å². The van der Waals surface area contributed by atoms with Crippen LogP contribution in [0.1, 0.15) is 24.7 Å². The Hall–Kier alpha value is -0.970. The second kappa shape index (κ2) is 4.32. The molecule has 4 nitrogen and oxygen atoms in total. The molecule has 0 saturated carbocycles. The fourth-order valence-electron chi connectivity index (χ4n) is 0.929. The maximum Gasteiger partial charge on any atom is 0.311 e. The topological polar surface area (TPSA) is 63.1 Å². The summed E-state index contributed by atoms with van der Waals surface area (Å²) in [7, 11) is 0. The van der Waals surface area contributed by atoms with E-state index in [0.717, 1.165) is 11.4 Å². The lowest BCUT2D eigenvalue weighted by Gasteiger charge is -1.97. The van der Waals surface area contributed by atoms with E-state index in [2.05, 4.69) is 23.2 Å². The first-order chi connectivity index (χ1) is 6.08. The van der Waals surface area contributed by atoms with Crippen molar-refractivity contribution in [1.82, 2.24) is 9.36 Å². The minimum Gasteiger partial charge on any atom is -0.481 e. The number of hydrogen-bond acceptors (Lipinski definition) is 4. The van der Waals surface area contributed by atoms with Crippen LogP contribution in [0.5, 0.6) is 0 Å². The zero-order valence-electron chi connectivity index (χ0n) is 7.65. The fourth-order valence-corrected chi connectivity index (χ4v) is 1.80. The summed E-state index contributed by atoms with van der Waals surface area (Å²) in [6, 6.07) is 0. The molecule has 0 bridgehead atoms. The van der Waals surface area contributed by atoms with E-state index < -0.39 is 5.97 Å². The minimum atomic E-state index is -0.881. The SMILES string of the molecule is CC(C)Cc1nc(CC(=O)O)ns1. The number of aromatic nitrogens is 2. The van der Waals surface area contributed by atoms with Gasteiger partial charge in [0.2, 0.25) is 0 Å². The second-order valence-electron chi connectivity index (χ2n) is 3.27. The van der Waals surface area contributed by atoms with Gasteiger partial charge in [-0.25, -0.2) is 4.98 Å². The predicted octanol–water partition coefficient (Wildman–Crippen LogP) is 1.36. The predicted molar refractivity (Wildman–Crippen MR) is 49.8 cm³/mol. The molecule has 72 valence electrons. The number of hydrogen-bond donors (Lipinski definition) is 1. The first kappa shape index (κ1) is 10.1. The third-order valence-corrected chi connectivity index (χ3v) is 2.17. The van der Waals surface area contributed by atoms with Crippen LogP contribution in [-0.2, 0) is 17.6 Å². The van der Waals surface area contributed by atoms with E-state index in [1.807, 2.05) is 0 Å². The number of rotatable bonds is 4. The van der Waals surface area contributed by atoms with Crippen molar-refractivity contribution in [3.63, 3.8) is 0 Å². The van der Waals surface area contributed by atoms with Gasteiger partial charge < -0.3 is 5.11 Å². The highest BCUT2D eigenvalue weighted by atomic mass is 32.1. The summed E-state index contributed by atoms with van der Waals surface area (Å²) in [6.07, 6.45) is 0.798. The molecule has 1 aromatic rings. The number of carbonyl (C=O) groups is 1. The third-order valence-electron chi connectivity index (χ3n) is 1.40. The van der Waals surface area contributed by atoms with Crippen molar-refractivity contribution < 1.29 is 9.90 Å². The van der Waals surface area contributed by atoms with Crippen molar-refractivity contribution >= 4 is 17.5 Å². The average Bonchev–Trinajstić information content (AvgIpc) is 2.33. The highest BCUT2D eigenvalue weighted by molar-refractivity contribution is 7.05. The van der Waals surface area contributed by atoms with Crippen LogP contribution in [0.25, 0.3) is 0 Å². The van der Waals surface area contributed by atoms with Crippen molar-refractivity contribution in [3.8, 4) is 0 Å². The van der Waals surface area contributed by atoms with Crippen LogP contribution in [0.15, 0.2) is 0 Å². The summed E-state index contributed by atoms with van der Waals surface area (Å²) in [5.41, 5.74) is 0. The van der Waals surface area contributed by atoms with Gasteiger partial charge in [0, 0.05) is 6.42 Å². The Balaban J connectivity index is 2.58. The summed E-state index contributed by atoms with van der Waals surface area (Å²) in [4.78, 5) is 14.4. The molecule has 0 saturated heterocycles. The van der Waals surface area contributed by atoms with Crippen molar-refractivity contribution in [3.05, 3.63) is 10.8 Å². The first-order valence-corrected chi connectivity index (χ1v) is 4.88. The molecule has 0 spiro atoms. The molecule has 0 atom stereocenters. The molecule has 13 heavy (non-hydrogen) atoms. The van der Waals surface area contributed by atoms with Gasteiger partial charge >= 0.3 is 5.97 Å². The van der Waals surface area contributed by atoms with E-state index in [9.17, 15) is 4.79 Å². The van der Waals surface area contributed by atoms with Crippen LogP contribution in [0, 0.1) is 5.92 Å². The highest BCUT2D eigenvalue weighted by Gasteiger charge is 2.08. The number of nitrogens with zero attached hydrogens (tertiary/aromatic N) is 2. The molecule has 0 aliphatic rings. The smallest absolute Gasteiger partial charge is 0.311 e. The second-order valence-corrected chi connectivity index (χ2v) is 4.11. The van der Waals surface area contributed by atoms with Crippen LogP contribution < -0.4 is 0 Å². The quantitative estimate of drug-likeness (QED) is 0.797. The van der Waals surface area contributed by atoms with Crippen LogP contribution in [0.4, 0.5) is 0 Å². The van der Waals surface area contributed by atoms with E-state index in [1.165, 1.54) is 11.5 Å². The van der Waals surface area contributed by atoms with Gasteiger partial charge in [0.05, 0.1) is 0 Å². The van der Waals surface area contributed by atoms with Crippen molar-refractivity contribution in [2.75, 3.05) is 0 Å². The number of carboxylic acids is 1. The van der Waals surface area contributed by atoms with Gasteiger partial charge in [-0.2, -0.15) is 4.37 Å². The maximum absolute atomic E-state index is 10.3.